The average Bonchev–Trinajstić information content (AvgIpc) is 3.14. The molecule has 0 aliphatic rings. The Morgan fingerprint density at radius 1 is 1.19 bits per heavy atom. The van der Waals surface area contributed by atoms with Gasteiger partial charge in [-0.25, -0.2) is 19.9 Å². The van der Waals surface area contributed by atoms with Crippen LogP contribution in [-0.2, 0) is 6.18 Å². The molecule has 0 saturated carbocycles. The van der Waals surface area contributed by atoms with Crippen molar-refractivity contribution in [2.24, 2.45) is 0 Å². The van der Waals surface area contributed by atoms with Crippen molar-refractivity contribution in [3.05, 3.63) is 58.9 Å². The first kappa shape index (κ1) is 20.5. The fourth-order valence-corrected chi connectivity index (χ4v) is 3.04. The van der Waals surface area contributed by atoms with Crippen LogP contribution in [0.1, 0.15) is 21.9 Å². The van der Waals surface area contributed by atoms with Gasteiger partial charge in [-0.05, 0) is 24.6 Å². The summed E-state index contributed by atoms with van der Waals surface area (Å²) in [6.07, 6.45) is -2.44. The third kappa shape index (κ3) is 3.99. The Morgan fingerprint density at radius 2 is 1.97 bits per heavy atom. The number of carbonyl (C=O) groups excluding carboxylic acids is 1. The average molecular weight is 448 g/mol. The summed E-state index contributed by atoms with van der Waals surface area (Å²) in [6.45, 7) is 1.78. The molecule has 3 heterocycles. The lowest BCUT2D eigenvalue weighted by molar-refractivity contribution is -0.144. The molecule has 0 saturated heterocycles. The van der Waals surface area contributed by atoms with Crippen molar-refractivity contribution in [3.8, 4) is 11.3 Å². The fraction of sp³-hybridized carbons (Fsp3) is 0.105. The van der Waals surface area contributed by atoms with E-state index >= 15 is 0 Å². The zero-order valence-corrected chi connectivity index (χ0v) is 16.5. The van der Waals surface area contributed by atoms with Crippen molar-refractivity contribution in [3.63, 3.8) is 0 Å². The summed E-state index contributed by atoms with van der Waals surface area (Å²) in [4.78, 5) is 30.0. The number of amides is 1. The highest BCUT2D eigenvalue weighted by Gasteiger charge is 2.34. The lowest BCUT2D eigenvalue weighted by Crippen LogP contribution is -2.16. The number of nitrogens with one attached hydrogen (secondary N) is 2. The second kappa shape index (κ2) is 7.51. The zero-order chi connectivity index (χ0) is 22.3. The number of aryl methyl sites for hydroxylation is 1. The summed E-state index contributed by atoms with van der Waals surface area (Å²) in [6, 6.07) is 6.64. The molecule has 0 aliphatic carbocycles. The molecule has 4 N–H and O–H groups in total. The SMILES string of the molecule is Cc1ccc(-c2cc3nc(C(F)(F)F)ncc3[nH]2)cc1NC(=O)c1ncnc(N)c1Cl. The molecule has 0 fully saturated rings. The van der Waals surface area contributed by atoms with Gasteiger partial charge in [0.1, 0.15) is 17.2 Å². The molecule has 0 radical (unpaired) electrons. The quantitative estimate of drug-likeness (QED) is 0.432. The minimum Gasteiger partial charge on any atom is -0.382 e. The lowest BCUT2D eigenvalue weighted by atomic mass is 10.1. The van der Waals surface area contributed by atoms with Gasteiger partial charge in [0.2, 0.25) is 5.82 Å². The van der Waals surface area contributed by atoms with E-state index in [1.54, 1.807) is 25.1 Å². The van der Waals surface area contributed by atoms with E-state index in [4.69, 9.17) is 17.3 Å². The van der Waals surface area contributed by atoms with E-state index in [0.29, 0.717) is 22.5 Å². The Kier molecular flexibility index (Phi) is 4.97. The van der Waals surface area contributed by atoms with Gasteiger partial charge in [0, 0.05) is 16.9 Å². The van der Waals surface area contributed by atoms with Gasteiger partial charge in [0.25, 0.3) is 5.91 Å². The second-order valence-corrected chi connectivity index (χ2v) is 6.96. The summed E-state index contributed by atoms with van der Waals surface area (Å²) in [5.41, 5.74) is 8.30. The third-order valence-corrected chi connectivity index (χ3v) is 4.82. The first-order valence-corrected chi connectivity index (χ1v) is 9.12. The van der Waals surface area contributed by atoms with Gasteiger partial charge in [-0.15, -0.1) is 0 Å². The minimum atomic E-state index is -4.64. The molecular formula is C19H13ClF3N7O. The molecular weight excluding hydrogens is 435 g/mol. The zero-order valence-electron chi connectivity index (χ0n) is 15.8. The first-order valence-electron chi connectivity index (χ1n) is 8.75. The number of carbonyl (C=O) groups is 1. The molecule has 4 rings (SSSR count). The normalized spacial score (nSPS) is 11.6. The molecule has 0 spiro atoms. The number of nitrogen functional groups attached to an aromatic ring is 1. The van der Waals surface area contributed by atoms with Crippen molar-refractivity contribution < 1.29 is 18.0 Å². The van der Waals surface area contributed by atoms with E-state index in [-0.39, 0.29) is 22.1 Å². The number of aromatic amines is 1. The number of benzene rings is 1. The molecule has 0 atom stereocenters. The summed E-state index contributed by atoms with van der Waals surface area (Å²) >= 11 is 6.00. The van der Waals surface area contributed by atoms with E-state index in [0.717, 1.165) is 18.1 Å². The van der Waals surface area contributed by atoms with Crippen LogP contribution in [0.25, 0.3) is 22.3 Å². The van der Waals surface area contributed by atoms with Gasteiger partial charge in [-0.3, -0.25) is 4.79 Å². The number of fused-ring (bicyclic) bond motifs is 1. The summed E-state index contributed by atoms with van der Waals surface area (Å²) in [5.74, 6) is -1.83. The molecule has 158 valence electrons. The molecule has 1 amide bonds. The maximum Gasteiger partial charge on any atom is 0.451 e. The topological polar surface area (TPSA) is 122 Å². The number of rotatable bonds is 3. The number of anilines is 2. The van der Waals surface area contributed by atoms with Gasteiger partial charge in [0.05, 0.1) is 17.2 Å². The van der Waals surface area contributed by atoms with E-state index in [1.165, 1.54) is 6.07 Å². The molecule has 0 unspecified atom stereocenters. The fourth-order valence-electron chi connectivity index (χ4n) is 2.86. The number of alkyl halides is 3. The van der Waals surface area contributed by atoms with Crippen molar-refractivity contribution >= 4 is 40.0 Å². The maximum absolute atomic E-state index is 12.9. The van der Waals surface area contributed by atoms with Crippen molar-refractivity contribution in [2.45, 2.75) is 13.1 Å². The minimum absolute atomic E-state index is 0.0234. The summed E-state index contributed by atoms with van der Waals surface area (Å²) in [7, 11) is 0. The number of nitrogens with zero attached hydrogens (tertiary/aromatic N) is 4. The number of halogens is 4. The second-order valence-electron chi connectivity index (χ2n) is 6.58. The van der Waals surface area contributed by atoms with Gasteiger partial charge in [-0.2, -0.15) is 13.2 Å². The van der Waals surface area contributed by atoms with Crippen LogP contribution in [0.4, 0.5) is 24.7 Å². The Hall–Kier alpha value is -3.73. The predicted molar refractivity (Wildman–Crippen MR) is 108 cm³/mol. The monoisotopic (exact) mass is 447 g/mol. The highest BCUT2D eigenvalue weighted by molar-refractivity contribution is 6.36. The van der Waals surface area contributed by atoms with Crippen LogP contribution < -0.4 is 11.1 Å². The number of nitrogens with two attached hydrogens (primary N) is 1. The molecule has 3 aromatic heterocycles. The van der Waals surface area contributed by atoms with E-state index < -0.39 is 17.9 Å². The van der Waals surface area contributed by atoms with Crippen LogP contribution in [0.3, 0.4) is 0 Å². The largest absolute Gasteiger partial charge is 0.451 e. The Morgan fingerprint density at radius 3 is 2.71 bits per heavy atom. The van der Waals surface area contributed by atoms with Crippen LogP contribution in [-0.4, -0.2) is 30.8 Å². The highest BCUT2D eigenvalue weighted by Crippen LogP contribution is 2.30. The number of hydrogen-bond acceptors (Lipinski definition) is 6. The summed E-state index contributed by atoms with van der Waals surface area (Å²) < 4.78 is 38.6. The van der Waals surface area contributed by atoms with E-state index in [1.807, 2.05) is 0 Å². The molecule has 0 aliphatic heterocycles. The van der Waals surface area contributed by atoms with E-state index in [2.05, 4.69) is 30.2 Å². The smallest absolute Gasteiger partial charge is 0.382 e. The number of H-pyrrole nitrogens is 1. The number of hydrogen-bond donors (Lipinski definition) is 3. The van der Waals surface area contributed by atoms with Crippen LogP contribution >= 0.6 is 11.6 Å². The first-order chi connectivity index (χ1) is 14.6. The van der Waals surface area contributed by atoms with Crippen LogP contribution in [0.5, 0.6) is 0 Å². The molecule has 1 aromatic carbocycles. The van der Waals surface area contributed by atoms with E-state index in [9.17, 15) is 18.0 Å². The van der Waals surface area contributed by atoms with Crippen molar-refractivity contribution in [1.29, 1.82) is 0 Å². The van der Waals surface area contributed by atoms with Gasteiger partial charge < -0.3 is 16.0 Å². The van der Waals surface area contributed by atoms with Gasteiger partial charge in [0.15, 0.2) is 5.69 Å². The van der Waals surface area contributed by atoms with Gasteiger partial charge in [-0.1, -0.05) is 23.7 Å². The maximum atomic E-state index is 12.9. The molecule has 4 aromatic rings. The van der Waals surface area contributed by atoms with Gasteiger partial charge >= 0.3 is 6.18 Å². The molecule has 31 heavy (non-hydrogen) atoms. The highest BCUT2D eigenvalue weighted by atomic mass is 35.5. The lowest BCUT2D eigenvalue weighted by Gasteiger charge is -2.11. The Bertz CT molecular complexity index is 1320. The summed E-state index contributed by atoms with van der Waals surface area (Å²) in [5, 5.41) is 2.64. The van der Waals surface area contributed by atoms with Crippen LogP contribution in [0, 0.1) is 6.92 Å². The van der Waals surface area contributed by atoms with Crippen LogP contribution in [0.2, 0.25) is 5.02 Å². The van der Waals surface area contributed by atoms with Crippen LogP contribution in [0.15, 0.2) is 36.8 Å². The predicted octanol–water partition coefficient (Wildman–Crippen LogP) is 4.23. The molecule has 8 nitrogen and oxygen atoms in total. The standard InChI is InChI=1S/C19H13ClF3N7O/c1-8-2-3-9(4-10(8)29-17(31)15-14(20)16(24)27-7-26-15)11-5-12-13(28-11)6-25-18(30-12)19(21,22)23/h2-7,28H,1H3,(H,29,31)(H2,24,26,27). The third-order valence-electron chi connectivity index (χ3n) is 4.45. The molecule has 12 heteroatoms. The molecule has 0 bridgehead atoms. The Balaban J connectivity index is 1.68. The Labute approximate surface area is 177 Å². The van der Waals surface area contributed by atoms with Crippen molar-refractivity contribution in [2.75, 3.05) is 11.1 Å². The number of aromatic nitrogens is 5. The van der Waals surface area contributed by atoms with Crippen molar-refractivity contribution in [1.82, 2.24) is 24.9 Å².